The highest BCUT2D eigenvalue weighted by Crippen LogP contribution is 2.31. The zero-order valence-electron chi connectivity index (χ0n) is 17.1. The molecule has 8 nitrogen and oxygen atoms in total. The number of aliphatic hydroxyl groups excluding tert-OH is 1. The molecule has 4 N–H and O–H groups in total. The number of aryl methyl sites for hydroxylation is 1. The van der Waals surface area contributed by atoms with Gasteiger partial charge in [0.1, 0.15) is 16.9 Å². The summed E-state index contributed by atoms with van der Waals surface area (Å²) < 4.78 is 7.50. The number of primary amides is 1. The van der Waals surface area contributed by atoms with E-state index in [0.717, 1.165) is 16.8 Å². The quantitative estimate of drug-likeness (QED) is 0.444. The molecule has 2 aromatic carbocycles. The van der Waals surface area contributed by atoms with Crippen molar-refractivity contribution in [3.63, 3.8) is 0 Å². The summed E-state index contributed by atoms with van der Waals surface area (Å²) >= 11 is 0. The molecule has 4 aromatic rings. The Kier molecular flexibility index (Phi) is 5.08. The summed E-state index contributed by atoms with van der Waals surface area (Å²) in [5, 5.41) is 17.1. The van der Waals surface area contributed by atoms with Gasteiger partial charge in [0.05, 0.1) is 24.1 Å². The molecule has 0 aliphatic rings. The van der Waals surface area contributed by atoms with E-state index in [1.165, 1.54) is 6.92 Å². The van der Waals surface area contributed by atoms with Crippen molar-refractivity contribution in [3.05, 3.63) is 72.2 Å². The summed E-state index contributed by atoms with van der Waals surface area (Å²) in [6.07, 6.45) is 3.65. The third-order valence-electron chi connectivity index (χ3n) is 5.28. The summed E-state index contributed by atoms with van der Waals surface area (Å²) in [7, 11) is 0. The fourth-order valence-corrected chi connectivity index (χ4v) is 3.37. The second kappa shape index (κ2) is 7.73. The molecule has 0 aliphatic carbocycles. The number of hydrogen-bond donors (Lipinski definition) is 3. The van der Waals surface area contributed by atoms with Gasteiger partial charge < -0.3 is 20.6 Å². The van der Waals surface area contributed by atoms with E-state index in [4.69, 9.17) is 10.2 Å². The zero-order chi connectivity index (χ0) is 22.2. The van der Waals surface area contributed by atoms with Gasteiger partial charge in [-0.05, 0) is 43.7 Å². The zero-order valence-corrected chi connectivity index (χ0v) is 17.1. The molecule has 0 unspecified atom stereocenters. The summed E-state index contributed by atoms with van der Waals surface area (Å²) in [6, 6.07) is 15.2. The number of rotatable bonds is 6. The molecule has 2 heterocycles. The Hall–Kier alpha value is -3.91. The second-order valence-electron chi connectivity index (χ2n) is 7.56. The standard InChI is InChI=1S/C23H22N4O4/c1-14-20(21(29)26-23(2,13-28)22(24)30)18-10-15(8-9-19(18)31-14)16-11-25-27(12-16)17-6-4-3-5-7-17/h3-12,28H,13H2,1-2H3,(H2,24,30)(H,26,29)/t23-/m0/s1. The molecule has 2 amide bonds. The maximum Gasteiger partial charge on any atom is 0.256 e. The summed E-state index contributed by atoms with van der Waals surface area (Å²) in [4.78, 5) is 24.6. The lowest BCUT2D eigenvalue weighted by atomic mass is 10.0. The molecule has 0 bridgehead atoms. The molecule has 31 heavy (non-hydrogen) atoms. The molecule has 8 heteroatoms. The molecule has 2 aromatic heterocycles. The van der Waals surface area contributed by atoms with Crippen molar-refractivity contribution in [2.45, 2.75) is 19.4 Å². The molecule has 0 saturated heterocycles. The van der Waals surface area contributed by atoms with Gasteiger partial charge >= 0.3 is 0 Å². The molecule has 0 radical (unpaired) electrons. The average Bonchev–Trinajstić information content (AvgIpc) is 3.37. The van der Waals surface area contributed by atoms with Crippen LogP contribution in [0.3, 0.4) is 0 Å². The van der Waals surface area contributed by atoms with E-state index < -0.39 is 24.0 Å². The maximum absolute atomic E-state index is 13.0. The third kappa shape index (κ3) is 3.69. The van der Waals surface area contributed by atoms with Gasteiger partial charge in [0.2, 0.25) is 5.91 Å². The average molecular weight is 418 g/mol. The molecule has 0 aliphatic heterocycles. The summed E-state index contributed by atoms with van der Waals surface area (Å²) in [5.41, 5.74) is 7.23. The number of benzene rings is 2. The van der Waals surface area contributed by atoms with Crippen molar-refractivity contribution in [1.29, 1.82) is 0 Å². The predicted octanol–water partition coefficient (Wildman–Crippen LogP) is 2.56. The van der Waals surface area contributed by atoms with E-state index in [1.807, 2.05) is 48.7 Å². The fourth-order valence-electron chi connectivity index (χ4n) is 3.37. The van der Waals surface area contributed by atoms with Crippen LogP contribution in [0.15, 0.2) is 65.3 Å². The monoisotopic (exact) mass is 418 g/mol. The minimum absolute atomic E-state index is 0.285. The highest BCUT2D eigenvalue weighted by Gasteiger charge is 2.34. The fraction of sp³-hybridized carbons (Fsp3) is 0.174. The van der Waals surface area contributed by atoms with Gasteiger partial charge in [-0.3, -0.25) is 9.59 Å². The lowest BCUT2D eigenvalue weighted by molar-refractivity contribution is -0.124. The third-order valence-corrected chi connectivity index (χ3v) is 5.28. The molecule has 1 atom stereocenters. The Morgan fingerprint density at radius 3 is 2.61 bits per heavy atom. The van der Waals surface area contributed by atoms with Crippen LogP contribution in [0.1, 0.15) is 23.0 Å². The number of nitrogens with one attached hydrogen (secondary N) is 1. The van der Waals surface area contributed by atoms with Crippen molar-refractivity contribution in [2.75, 3.05) is 6.61 Å². The number of nitrogens with two attached hydrogens (primary N) is 1. The van der Waals surface area contributed by atoms with Gasteiger partial charge in [-0.1, -0.05) is 24.3 Å². The van der Waals surface area contributed by atoms with E-state index in [2.05, 4.69) is 10.4 Å². The Balaban J connectivity index is 1.72. The number of furan rings is 1. The first kappa shape index (κ1) is 20.4. The number of aromatic nitrogens is 2. The van der Waals surface area contributed by atoms with Crippen LogP contribution in [0.4, 0.5) is 0 Å². The second-order valence-corrected chi connectivity index (χ2v) is 7.56. The van der Waals surface area contributed by atoms with Crippen molar-refractivity contribution in [3.8, 4) is 16.8 Å². The van der Waals surface area contributed by atoms with Crippen LogP contribution in [0, 0.1) is 6.92 Å². The number of aliphatic hydroxyl groups is 1. The van der Waals surface area contributed by atoms with E-state index in [-0.39, 0.29) is 5.56 Å². The Labute approximate surface area is 178 Å². The SMILES string of the molecule is Cc1oc2ccc(-c3cnn(-c4ccccc4)c3)cc2c1C(=O)N[C@@](C)(CO)C(N)=O. The van der Waals surface area contributed by atoms with E-state index in [0.29, 0.717) is 16.7 Å². The number of fused-ring (bicyclic) bond motifs is 1. The molecule has 4 rings (SSSR count). The first-order chi connectivity index (χ1) is 14.8. The number of amides is 2. The molecule has 0 fully saturated rings. The molecule has 158 valence electrons. The van der Waals surface area contributed by atoms with Crippen LogP contribution in [-0.4, -0.2) is 38.8 Å². The minimum Gasteiger partial charge on any atom is -0.461 e. The van der Waals surface area contributed by atoms with Gasteiger partial charge in [-0.15, -0.1) is 0 Å². The van der Waals surface area contributed by atoms with Crippen LogP contribution < -0.4 is 11.1 Å². The smallest absolute Gasteiger partial charge is 0.256 e. The normalized spacial score (nSPS) is 13.1. The topological polar surface area (TPSA) is 123 Å². The van der Waals surface area contributed by atoms with Crippen molar-refractivity contribution in [1.82, 2.24) is 15.1 Å². The van der Waals surface area contributed by atoms with Gasteiger partial charge in [0.25, 0.3) is 5.91 Å². The number of para-hydroxylation sites is 1. The summed E-state index contributed by atoms with van der Waals surface area (Å²) in [6.45, 7) is 2.42. The number of carbonyl (C=O) groups excluding carboxylic acids is 2. The molecule has 0 saturated carbocycles. The lowest BCUT2D eigenvalue weighted by Crippen LogP contribution is -2.57. The Morgan fingerprint density at radius 1 is 1.19 bits per heavy atom. The number of carbonyl (C=O) groups is 2. The van der Waals surface area contributed by atoms with E-state index >= 15 is 0 Å². The van der Waals surface area contributed by atoms with Crippen LogP contribution in [0.2, 0.25) is 0 Å². The van der Waals surface area contributed by atoms with E-state index in [1.54, 1.807) is 23.9 Å². The Bertz CT molecular complexity index is 1280. The Morgan fingerprint density at radius 2 is 1.94 bits per heavy atom. The molecular weight excluding hydrogens is 396 g/mol. The van der Waals surface area contributed by atoms with Gasteiger partial charge in [0.15, 0.2) is 0 Å². The predicted molar refractivity (Wildman–Crippen MR) is 116 cm³/mol. The highest BCUT2D eigenvalue weighted by molar-refractivity contribution is 6.09. The number of hydrogen-bond acceptors (Lipinski definition) is 5. The first-order valence-electron chi connectivity index (χ1n) is 9.69. The van der Waals surface area contributed by atoms with E-state index in [9.17, 15) is 14.7 Å². The first-order valence-corrected chi connectivity index (χ1v) is 9.69. The summed E-state index contributed by atoms with van der Waals surface area (Å²) in [5.74, 6) is -0.985. The van der Waals surface area contributed by atoms with Crippen LogP contribution >= 0.6 is 0 Å². The van der Waals surface area contributed by atoms with Gasteiger partial charge in [0, 0.05) is 17.1 Å². The molecular formula is C23H22N4O4. The van der Waals surface area contributed by atoms with Crippen LogP contribution in [-0.2, 0) is 4.79 Å². The number of nitrogens with zero attached hydrogens (tertiary/aromatic N) is 2. The van der Waals surface area contributed by atoms with Gasteiger partial charge in [-0.2, -0.15) is 5.10 Å². The molecule has 0 spiro atoms. The largest absolute Gasteiger partial charge is 0.461 e. The minimum atomic E-state index is -1.58. The van der Waals surface area contributed by atoms with Crippen molar-refractivity contribution < 1.29 is 19.1 Å². The maximum atomic E-state index is 13.0. The van der Waals surface area contributed by atoms with Crippen molar-refractivity contribution in [2.24, 2.45) is 5.73 Å². The van der Waals surface area contributed by atoms with Gasteiger partial charge in [-0.25, -0.2) is 4.68 Å². The van der Waals surface area contributed by atoms with Crippen LogP contribution in [0.25, 0.3) is 27.8 Å². The van der Waals surface area contributed by atoms with Crippen LogP contribution in [0.5, 0.6) is 0 Å². The highest BCUT2D eigenvalue weighted by atomic mass is 16.3. The lowest BCUT2D eigenvalue weighted by Gasteiger charge is -2.24. The van der Waals surface area contributed by atoms with Crippen molar-refractivity contribution >= 4 is 22.8 Å².